The second-order valence-electron chi connectivity index (χ2n) is 7.79. The molecule has 8 heteroatoms. The monoisotopic (exact) mass is 380 g/mol. The van der Waals surface area contributed by atoms with Crippen LogP contribution < -0.4 is 5.32 Å². The van der Waals surface area contributed by atoms with Crippen LogP contribution in [0.25, 0.3) is 11.4 Å². The van der Waals surface area contributed by atoms with E-state index in [4.69, 9.17) is 10.00 Å². The molecular weight excluding hydrogens is 356 g/mol. The van der Waals surface area contributed by atoms with Crippen LogP contribution in [-0.2, 0) is 4.74 Å². The van der Waals surface area contributed by atoms with Crippen molar-refractivity contribution in [3.63, 3.8) is 0 Å². The average molecular weight is 380 g/mol. The first-order valence-corrected chi connectivity index (χ1v) is 9.20. The minimum atomic E-state index is -0.495. The second-order valence-corrected chi connectivity index (χ2v) is 7.79. The second kappa shape index (κ2) is 7.80. The maximum atomic E-state index is 12.2. The number of nitrogens with zero attached hydrogens (tertiary/aromatic N) is 5. The fraction of sp³-hybridized carbons (Fsp3) is 0.450. The highest BCUT2D eigenvalue weighted by Crippen LogP contribution is 2.22. The topological polar surface area (TPSA) is 104 Å². The van der Waals surface area contributed by atoms with Crippen LogP contribution >= 0.6 is 0 Å². The van der Waals surface area contributed by atoms with Gasteiger partial charge < -0.3 is 15.0 Å². The largest absolute Gasteiger partial charge is 0.444 e. The van der Waals surface area contributed by atoms with Crippen LogP contribution in [0.5, 0.6) is 0 Å². The van der Waals surface area contributed by atoms with Gasteiger partial charge in [-0.05, 0) is 46.2 Å². The Morgan fingerprint density at radius 1 is 1.32 bits per heavy atom. The van der Waals surface area contributed by atoms with E-state index < -0.39 is 5.60 Å². The van der Waals surface area contributed by atoms with Gasteiger partial charge in [-0.25, -0.2) is 19.7 Å². The summed E-state index contributed by atoms with van der Waals surface area (Å²) in [5, 5.41) is 12.2. The van der Waals surface area contributed by atoms with Crippen molar-refractivity contribution in [2.45, 2.75) is 45.8 Å². The molecule has 0 bridgehead atoms. The van der Waals surface area contributed by atoms with Crippen molar-refractivity contribution in [2.75, 3.05) is 18.4 Å². The number of hydrogen-bond donors (Lipinski definition) is 1. The SMILES string of the molecule is Cc1nc(NC2CCN(C(=O)OC(C)(C)C)C2)ccc1-c1ncc(C#N)cn1. The third-order valence-electron chi connectivity index (χ3n) is 4.30. The minimum absolute atomic E-state index is 0.122. The Morgan fingerprint density at radius 3 is 2.64 bits per heavy atom. The number of pyridine rings is 1. The number of nitriles is 1. The summed E-state index contributed by atoms with van der Waals surface area (Å²) < 4.78 is 5.43. The Morgan fingerprint density at radius 2 is 2.04 bits per heavy atom. The molecule has 1 saturated heterocycles. The molecule has 1 aliphatic heterocycles. The molecule has 0 spiro atoms. The number of carbonyl (C=O) groups is 1. The summed E-state index contributed by atoms with van der Waals surface area (Å²) >= 11 is 0. The lowest BCUT2D eigenvalue weighted by Gasteiger charge is -2.24. The van der Waals surface area contributed by atoms with Gasteiger partial charge in [0.2, 0.25) is 0 Å². The Bertz CT molecular complexity index is 898. The van der Waals surface area contributed by atoms with Crippen LogP contribution in [0.15, 0.2) is 24.5 Å². The van der Waals surface area contributed by atoms with Crippen LogP contribution in [0, 0.1) is 18.3 Å². The first kappa shape index (κ1) is 19.5. The number of nitrogens with one attached hydrogen (secondary N) is 1. The van der Waals surface area contributed by atoms with Gasteiger partial charge >= 0.3 is 6.09 Å². The maximum Gasteiger partial charge on any atom is 0.410 e. The van der Waals surface area contributed by atoms with Crippen LogP contribution in [0.2, 0.25) is 0 Å². The van der Waals surface area contributed by atoms with E-state index >= 15 is 0 Å². The molecule has 146 valence electrons. The molecular formula is C20H24N6O2. The molecule has 3 rings (SSSR count). The number of likely N-dealkylation sites (tertiary alicyclic amines) is 1. The lowest BCUT2D eigenvalue weighted by atomic mass is 10.2. The summed E-state index contributed by atoms with van der Waals surface area (Å²) in [7, 11) is 0. The molecule has 1 aliphatic rings. The number of ether oxygens (including phenoxy) is 1. The number of aryl methyl sites for hydroxylation is 1. The van der Waals surface area contributed by atoms with Crippen LogP contribution in [0.3, 0.4) is 0 Å². The fourth-order valence-electron chi connectivity index (χ4n) is 2.98. The normalized spacial score (nSPS) is 16.5. The number of amides is 1. The third-order valence-corrected chi connectivity index (χ3v) is 4.30. The van der Waals surface area contributed by atoms with Gasteiger partial charge in [-0.2, -0.15) is 5.26 Å². The number of aromatic nitrogens is 3. The molecule has 8 nitrogen and oxygen atoms in total. The van der Waals surface area contributed by atoms with Crippen molar-refractivity contribution in [1.82, 2.24) is 19.9 Å². The first-order valence-electron chi connectivity index (χ1n) is 9.20. The van der Waals surface area contributed by atoms with Gasteiger partial charge in [0, 0.05) is 37.1 Å². The molecule has 1 fully saturated rings. The van der Waals surface area contributed by atoms with E-state index in [-0.39, 0.29) is 12.1 Å². The van der Waals surface area contributed by atoms with E-state index in [1.165, 1.54) is 12.4 Å². The minimum Gasteiger partial charge on any atom is -0.444 e. The molecule has 1 unspecified atom stereocenters. The van der Waals surface area contributed by atoms with Gasteiger partial charge in [-0.3, -0.25) is 0 Å². The van der Waals surface area contributed by atoms with Crippen molar-refractivity contribution in [2.24, 2.45) is 0 Å². The predicted octanol–water partition coefficient (Wildman–Crippen LogP) is 3.14. The Labute approximate surface area is 164 Å². The van der Waals surface area contributed by atoms with E-state index in [2.05, 4.69) is 20.3 Å². The Balaban J connectivity index is 1.63. The summed E-state index contributed by atoms with van der Waals surface area (Å²) in [6.45, 7) is 8.72. The van der Waals surface area contributed by atoms with E-state index in [9.17, 15) is 4.79 Å². The smallest absolute Gasteiger partial charge is 0.410 e. The van der Waals surface area contributed by atoms with Gasteiger partial charge in [0.15, 0.2) is 5.82 Å². The van der Waals surface area contributed by atoms with Crippen LogP contribution in [-0.4, -0.2) is 50.7 Å². The van der Waals surface area contributed by atoms with E-state index in [1.807, 2.05) is 45.9 Å². The highest BCUT2D eigenvalue weighted by molar-refractivity contribution is 5.68. The molecule has 0 aliphatic carbocycles. The Hall–Kier alpha value is -3.21. The molecule has 28 heavy (non-hydrogen) atoms. The van der Waals surface area contributed by atoms with Gasteiger partial charge in [0.1, 0.15) is 17.5 Å². The molecule has 0 radical (unpaired) electrons. The standard InChI is InChI=1S/C20H24N6O2/c1-13-16(18-22-10-14(9-21)11-23-18)5-6-17(24-13)25-15-7-8-26(12-15)19(27)28-20(2,3)4/h5-6,10-11,15H,7-8,12H2,1-4H3,(H,24,25). The fourth-order valence-corrected chi connectivity index (χ4v) is 2.98. The molecule has 1 N–H and O–H groups in total. The summed E-state index contributed by atoms with van der Waals surface area (Å²) in [6.07, 6.45) is 3.55. The first-order chi connectivity index (χ1) is 13.2. The summed E-state index contributed by atoms with van der Waals surface area (Å²) in [5.41, 5.74) is 1.53. The van der Waals surface area contributed by atoms with E-state index in [0.29, 0.717) is 24.5 Å². The Kier molecular flexibility index (Phi) is 5.45. The number of rotatable bonds is 3. The third kappa shape index (κ3) is 4.74. The molecule has 1 amide bonds. The maximum absolute atomic E-state index is 12.2. The van der Waals surface area contributed by atoms with Crippen molar-refractivity contribution in [3.05, 3.63) is 35.8 Å². The summed E-state index contributed by atoms with van der Waals surface area (Å²) in [6, 6.07) is 5.91. The zero-order valence-corrected chi connectivity index (χ0v) is 16.6. The van der Waals surface area contributed by atoms with Crippen molar-refractivity contribution in [1.29, 1.82) is 5.26 Å². The molecule has 2 aromatic heterocycles. The van der Waals surface area contributed by atoms with Crippen molar-refractivity contribution >= 4 is 11.9 Å². The average Bonchev–Trinajstić information content (AvgIpc) is 3.09. The lowest BCUT2D eigenvalue weighted by molar-refractivity contribution is 0.0293. The van der Waals surface area contributed by atoms with E-state index in [1.54, 1.807) is 4.90 Å². The van der Waals surface area contributed by atoms with Crippen molar-refractivity contribution in [3.8, 4) is 17.5 Å². The molecule has 0 aromatic carbocycles. The van der Waals surface area contributed by atoms with E-state index in [0.717, 1.165) is 23.5 Å². The van der Waals surface area contributed by atoms with Gasteiger partial charge in [-0.15, -0.1) is 0 Å². The number of hydrogen-bond acceptors (Lipinski definition) is 7. The predicted molar refractivity (Wildman–Crippen MR) is 105 cm³/mol. The highest BCUT2D eigenvalue weighted by atomic mass is 16.6. The van der Waals surface area contributed by atoms with Gasteiger partial charge in [0.05, 0.1) is 11.3 Å². The number of anilines is 1. The summed E-state index contributed by atoms with van der Waals surface area (Å²) in [4.78, 5) is 26.9. The van der Waals surface area contributed by atoms with Crippen LogP contribution in [0.1, 0.15) is 38.4 Å². The summed E-state index contributed by atoms with van der Waals surface area (Å²) in [5.74, 6) is 1.28. The lowest BCUT2D eigenvalue weighted by Crippen LogP contribution is -2.36. The highest BCUT2D eigenvalue weighted by Gasteiger charge is 2.29. The quantitative estimate of drug-likeness (QED) is 0.872. The molecule has 3 heterocycles. The van der Waals surface area contributed by atoms with Crippen molar-refractivity contribution < 1.29 is 9.53 Å². The zero-order valence-electron chi connectivity index (χ0n) is 16.6. The number of carbonyl (C=O) groups excluding carboxylic acids is 1. The molecule has 1 atom stereocenters. The molecule has 0 saturated carbocycles. The van der Waals surface area contributed by atoms with Gasteiger partial charge in [0.25, 0.3) is 0 Å². The zero-order chi connectivity index (χ0) is 20.3. The van der Waals surface area contributed by atoms with Gasteiger partial charge in [-0.1, -0.05) is 0 Å². The molecule has 2 aromatic rings. The van der Waals surface area contributed by atoms with Crippen LogP contribution in [0.4, 0.5) is 10.6 Å².